The minimum atomic E-state index is -0.528. The van der Waals surface area contributed by atoms with Gasteiger partial charge in [0.05, 0.1) is 11.9 Å². The summed E-state index contributed by atoms with van der Waals surface area (Å²) in [5.41, 5.74) is 3.03. The Morgan fingerprint density at radius 2 is 2.33 bits per heavy atom. The lowest BCUT2D eigenvalue weighted by molar-refractivity contribution is 0.619. The minimum Gasteiger partial charge on any atom is -0.337 e. The molecule has 4 N–H and O–H groups in total. The van der Waals surface area contributed by atoms with Crippen LogP contribution in [0.1, 0.15) is 0 Å². The maximum Gasteiger partial charge on any atom is 0.239 e. The van der Waals surface area contributed by atoms with Gasteiger partial charge in [-0.3, -0.25) is 5.43 Å². The molecule has 15 heavy (non-hydrogen) atoms. The molecule has 0 fully saturated rings. The van der Waals surface area contributed by atoms with E-state index >= 15 is 0 Å². The van der Waals surface area contributed by atoms with Crippen LogP contribution in [-0.4, -0.2) is 9.97 Å². The maximum absolute atomic E-state index is 13.2. The number of nitrogens with zero attached hydrogens (tertiary/aromatic N) is 2. The van der Waals surface area contributed by atoms with Crippen LogP contribution in [0.15, 0.2) is 23.0 Å². The van der Waals surface area contributed by atoms with Crippen molar-refractivity contribution in [1.29, 1.82) is 0 Å². The number of halogens is 1. The van der Waals surface area contributed by atoms with E-state index in [2.05, 4.69) is 20.7 Å². The molecule has 0 amide bonds. The largest absolute Gasteiger partial charge is 0.337 e. The van der Waals surface area contributed by atoms with E-state index in [9.17, 15) is 4.39 Å². The van der Waals surface area contributed by atoms with E-state index in [-0.39, 0.29) is 11.8 Å². The Bertz CT molecular complexity index is 444. The number of nitrogens with two attached hydrogens (primary N) is 1. The summed E-state index contributed by atoms with van der Waals surface area (Å²) in [7, 11) is 0. The third-order valence-corrected chi connectivity index (χ3v) is 2.34. The molecule has 0 saturated carbocycles. The topological polar surface area (TPSA) is 75.9 Å². The van der Waals surface area contributed by atoms with Crippen molar-refractivity contribution in [3.05, 3.63) is 28.8 Å². The van der Waals surface area contributed by atoms with E-state index < -0.39 is 5.82 Å². The van der Waals surface area contributed by atoms with E-state index in [0.717, 1.165) is 11.9 Å². The Labute approximate surface area is 89.1 Å². The summed E-state index contributed by atoms with van der Waals surface area (Å²) in [5, 5.41) is 6.54. The number of rotatable bonds is 3. The average Bonchev–Trinajstić information content (AvgIpc) is 2.74. The molecule has 5 nitrogen and oxygen atoms in total. The molecule has 2 aromatic heterocycles. The van der Waals surface area contributed by atoms with Gasteiger partial charge in [0.15, 0.2) is 11.6 Å². The van der Waals surface area contributed by atoms with Gasteiger partial charge in [-0.2, -0.15) is 16.3 Å². The second-order valence-electron chi connectivity index (χ2n) is 2.67. The van der Waals surface area contributed by atoms with Crippen molar-refractivity contribution < 1.29 is 4.39 Å². The second kappa shape index (κ2) is 4.20. The number of hydrazine groups is 1. The van der Waals surface area contributed by atoms with Crippen LogP contribution in [0.3, 0.4) is 0 Å². The number of nitrogens with one attached hydrogen (secondary N) is 2. The van der Waals surface area contributed by atoms with E-state index in [1.807, 2.05) is 16.8 Å². The highest BCUT2D eigenvalue weighted by atomic mass is 32.1. The molecule has 0 aliphatic carbocycles. The van der Waals surface area contributed by atoms with Crippen LogP contribution in [0.5, 0.6) is 0 Å². The van der Waals surface area contributed by atoms with Crippen molar-refractivity contribution in [2.75, 3.05) is 10.7 Å². The van der Waals surface area contributed by atoms with E-state index in [0.29, 0.717) is 0 Å². The predicted molar refractivity (Wildman–Crippen MR) is 57.4 cm³/mol. The first-order chi connectivity index (χ1) is 7.29. The summed E-state index contributed by atoms with van der Waals surface area (Å²) in [4.78, 5) is 7.46. The molecule has 0 aliphatic rings. The SMILES string of the molecule is NNc1ncc(F)c(Nc2ccsc2)n1. The van der Waals surface area contributed by atoms with Gasteiger partial charge >= 0.3 is 0 Å². The molecule has 7 heteroatoms. The van der Waals surface area contributed by atoms with Crippen LogP contribution in [0, 0.1) is 5.82 Å². The average molecular weight is 225 g/mol. The molecular weight excluding hydrogens is 217 g/mol. The highest BCUT2D eigenvalue weighted by Gasteiger charge is 2.06. The van der Waals surface area contributed by atoms with Crippen LogP contribution < -0.4 is 16.6 Å². The van der Waals surface area contributed by atoms with Crippen molar-refractivity contribution in [1.82, 2.24) is 9.97 Å². The summed E-state index contributed by atoms with van der Waals surface area (Å²) in [5.74, 6) is 4.85. The zero-order valence-corrected chi connectivity index (χ0v) is 8.38. The van der Waals surface area contributed by atoms with E-state index in [1.54, 1.807) is 0 Å². The zero-order valence-electron chi connectivity index (χ0n) is 7.57. The number of anilines is 3. The third kappa shape index (κ3) is 2.20. The monoisotopic (exact) mass is 225 g/mol. The van der Waals surface area contributed by atoms with Crippen LogP contribution >= 0.6 is 11.3 Å². The van der Waals surface area contributed by atoms with Crippen LogP contribution in [0.4, 0.5) is 21.8 Å². The highest BCUT2D eigenvalue weighted by molar-refractivity contribution is 7.08. The summed E-state index contributed by atoms with van der Waals surface area (Å²) >= 11 is 1.51. The molecule has 2 heterocycles. The zero-order chi connectivity index (χ0) is 10.7. The van der Waals surface area contributed by atoms with Gasteiger partial charge in [-0.25, -0.2) is 15.2 Å². The molecule has 0 radical (unpaired) electrons. The fourth-order valence-corrected chi connectivity index (χ4v) is 1.58. The van der Waals surface area contributed by atoms with Gasteiger partial charge in [0.1, 0.15) is 0 Å². The Morgan fingerprint density at radius 3 is 3.00 bits per heavy atom. The van der Waals surface area contributed by atoms with Crippen molar-refractivity contribution in [3.8, 4) is 0 Å². The maximum atomic E-state index is 13.2. The minimum absolute atomic E-state index is 0.0938. The van der Waals surface area contributed by atoms with Crippen molar-refractivity contribution >= 4 is 28.8 Å². The lowest BCUT2D eigenvalue weighted by Crippen LogP contribution is -2.11. The first-order valence-electron chi connectivity index (χ1n) is 4.08. The van der Waals surface area contributed by atoms with Crippen molar-refractivity contribution in [2.45, 2.75) is 0 Å². The van der Waals surface area contributed by atoms with Gasteiger partial charge in [0.2, 0.25) is 5.95 Å². The van der Waals surface area contributed by atoms with Crippen molar-refractivity contribution in [2.24, 2.45) is 5.84 Å². The van der Waals surface area contributed by atoms with Gasteiger partial charge in [0, 0.05) is 5.38 Å². The molecule has 2 aromatic rings. The fourth-order valence-electron chi connectivity index (χ4n) is 0.997. The van der Waals surface area contributed by atoms with Gasteiger partial charge in [-0.15, -0.1) is 0 Å². The predicted octanol–water partition coefficient (Wildman–Crippen LogP) is 1.71. The lowest BCUT2D eigenvalue weighted by atomic mass is 10.5. The van der Waals surface area contributed by atoms with Crippen LogP contribution in [0.25, 0.3) is 0 Å². The van der Waals surface area contributed by atoms with Crippen LogP contribution in [0.2, 0.25) is 0 Å². The molecule has 78 valence electrons. The Morgan fingerprint density at radius 1 is 1.47 bits per heavy atom. The number of thiophene rings is 1. The van der Waals surface area contributed by atoms with E-state index in [1.165, 1.54) is 11.3 Å². The normalized spacial score (nSPS) is 10.0. The molecule has 0 unspecified atom stereocenters. The lowest BCUT2D eigenvalue weighted by Gasteiger charge is -2.05. The summed E-state index contributed by atoms with van der Waals surface area (Å²) in [6.07, 6.45) is 1.05. The first-order valence-corrected chi connectivity index (χ1v) is 5.02. The Balaban J connectivity index is 2.27. The standard InChI is InChI=1S/C8H8FN5S/c9-6-3-11-8(14-10)13-7(6)12-5-1-2-15-4-5/h1-4H,10H2,(H2,11,12,13,14). The Hall–Kier alpha value is -1.73. The summed E-state index contributed by atoms with van der Waals surface area (Å²) in [6, 6.07) is 1.82. The fraction of sp³-hybridized carbons (Fsp3) is 0. The second-order valence-corrected chi connectivity index (χ2v) is 3.45. The van der Waals surface area contributed by atoms with Crippen molar-refractivity contribution in [3.63, 3.8) is 0 Å². The summed E-state index contributed by atoms with van der Waals surface area (Å²) in [6.45, 7) is 0. The first kappa shape index (κ1) is 9.81. The number of hydrogen-bond acceptors (Lipinski definition) is 6. The molecule has 0 saturated heterocycles. The highest BCUT2D eigenvalue weighted by Crippen LogP contribution is 2.20. The molecule has 0 spiro atoms. The number of hydrogen-bond donors (Lipinski definition) is 3. The van der Waals surface area contributed by atoms with Crippen LogP contribution in [-0.2, 0) is 0 Å². The molecule has 2 rings (SSSR count). The van der Waals surface area contributed by atoms with E-state index in [4.69, 9.17) is 5.84 Å². The Kier molecular flexibility index (Phi) is 2.75. The number of nitrogen functional groups attached to an aromatic ring is 1. The molecule has 0 aromatic carbocycles. The third-order valence-electron chi connectivity index (χ3n) is 1.66. The molecular formula is C8H8FN5S. The van der Waals surface area contributed by atoms with Gasteiger partial charge in [-0.05, 0) is 11.4 Å². The molecule has 0 aliphatic heterocycles. The number of aromatic nitrogens is 2. The molecule has 0 bridgehead atoms. The van der Waals surface area contributed by atoms with Gasteiger partial charge in [0.25, 0.3) is 0 Å². The van der Waals surface area contributed by atoms with Gasteiger partial charge in [-0.1, -0.05) is 0 Å². The quantitative estimate of drug-likeness (QED) is 0.547. The van der Waals surface area contributed by atoms with Gasteiger partial charge < -0.3 is 5.32 Å². The summed E-state index contributed by atoms with van der Waals surface area (Å²) < 4.78 is 13.2. The molecule has 0 atom stereocenters. The smallest absolute Gasteiger partial charge is 0.239 e.